The van der Waals surface area contributed by atoms with Gasteiger partial charge in [0.25, 0.3) is 0 Å². The fourth-order valence-electron chi connectivity index (χ4n) is 4.84. The average molecular weight is 533 g/mol. The van der Waals surface area contributed by atoms with Gasteiger partial charge in [-0.2, -0.15) is 0 Å². The fraction of sp³-hybridized carbons (Fsp3) is 0.185. The van der Waals surface area contributed by atoms with E-state index in [1.807, 2.05) is 42.6 Å². The summed E-state index contributed by atoms with van der Waals surface area (Å²) in [5.74, 6) is 0.248. The van der Waals surface area contributed by atoms with Gasteiger partial charge in [0.1, 0.15) is 5.75 Å². The molecule has 0 unspecified atom stereocenters. The zero-order chi connectivity index (χ0) is 24.0. The second-order valence-electron chi connectivity index (χ2n) is 8.58. The second-order valence-corrected chi connectivity index (χ2v) is 9.82. The third-order valence-electron chi connectivity index (χ3n) is 6.43. The number of nitrogens with one attached hydrogen (secondary N) is 1. The van der Waals surface area contributed by atoms with Gasteiger partial charge >= 0.3 is 0 Å². The highest BCUT2D eigenvalue weighted by Crippen LogP contribution is 2.44. The zero-order valence-corrected chi connectivity index (χ0v) is 21.6. The number of halogens is 1. The third kappa shape index (κ3) is 3.79. The zero-order valence-electron chi connectivity index (χ0n) is 19.2. The SMILES string of the molecule is Cc1cc(N2C(=S)N[C@@H](c3ccccn3)[C@H]2c2cc(C)n(-c3ccccc3O)c2C)ccc1Br. The monoisotopic (exact) mass is 532 g/mol. The van der Waals surface area contributed by atoms with Crippen LogP contribution >= 0.6 is 28.1 Å². The molecule has 1 aliphatic heterocycles. The van der Waals surface area contributed by atoms with Crippen molar-refractivity contribution < 1.29 is 5.11 Å². The van der Waals surface area contributed by atoms with Crippen LogP contribution in [0.2, 0.25) is 0 Å². The molecular formula is C27H25BrN4OS. The first-order valence-corrected chi connectivity index (χ1v) is 12.3. The lowest BCUT2D eigenvalue weighted by molar-refractivity contribution is 0.471. The largest absolute Gasteiger partial charge is 0.506 e. The number of para-hydroxylation sites is 2. The number of aryl methyl sites for hydroxylation is 2. The van der Waals surface area contributed by atoms with Crippen molar-refractivity contribution in [1.29, 1.82) is 0 Å². The van der Waals surface area contributed by atoms with Gasteiger partial charge < -0.3 is 19.9 Å². The van der Waals surface area contributed by atoms with E-state index in [1.54, 1.807) is 6.07 Å². The molecule has 1 saturated heterocycles. The van der Waals surface area contributed by atoms with E-state index in [-0.39, 0.29) is 17.8 Å². The number of pyridine rings is 1. The summed E-state index contributed by atoms with van der Waals surface area (Å²) < 4.78 is 3.16. The summed E-state index contributed by atoms with van der Waals surface area (Å²) in [5, 5.41) is 14.8. The first-order chi connectivity index (χ1) is 16.4. The molecule has 0 bridgehead atoms. The summed E-state index contributed by atoms with van der Waals surface area (Å²) in [4.78, 5) is 6.84. The number of rotatable bonds is 4. The summed E-state index contributed by atoms with van der Waals surface area (Å²) in [5.41, 5.74) is 7.07. The van der Waals surface area contributed by atoms with Crippen molar-refractivity contribution in [2.75, 3.05) is 4.90 Å². The Kier molecular flexibility index (Phi) is 5.91. The van der Waals surface area contributed by atoms with Crippen LogP contribution in [0.1, 0.15) is 40.3 Å². The molecule has 5 rings (SSSR count). The van der Waals surface area contributed by atoms with E-state index in [4.69, 9.17) is 12.2 Å². The molecular weight excluding hydrogens is 508 g/mol. The van der Waals surface area contributed by atoms with Crippen molar-refractivity contribution in [2.24, 2.45) is 0 Å². The number of benzene rings is 2. The van der Waals surface area contributed by atoms with Crippen LogP contribution in [0.4, 0.5) is 5.69 Å². The summed E-state index contributed by atoms with van der Waals surface area (Å²) >= 11 is 9.49. The number of thiocarbonyl (C=S) groups is 1. The van der Waals surface area contributed by atoms with Crippen molar-refractivity contribution in [3.05, 3.63) is 106 Å². The maximum absolute atomic E-state index is 10.6. The van der Waals surface area contributed by atoms with Crippen LogP contribution < -0.4 is 10.2 Å². The van der Waals surface area contributed by atoms with E-state index < -0.39 is 0 Å². The Balaban J connectivity index is 1.70. The quantitative estimate of drug-likeness (QED) is 0.296. The predicted octanol–water partition coefficient (Wildman–Crippen LogP) is 6.44. The average Bonchev–Trinajstić information content (AvgIpc) is 3.32. The minimum absolute atomic E-state index is 0.117. The Morgan fingerprint density at radius 1 is 1.00 bits per heavy atom. The Bertz CT molecular complexity index is 1380. The molecule has 5 nitrogen and oxygen atoms in total. The van der Waals surface area contributed by atoms with E-state index in [0.717, 1.165) is 44.1 Å². The van der Waals surface area contributed by atoms with Crippen LogP contribution in [0.15, 0.2) is 77.4 Å². The van der Waals surface area contributed by atoms with Crippen LogP contribution in [0.25, 0.3) is 5.69 Å². The molecule has 0 spiro atoms. The van der Waals surface area contributed by atoms with Crippen molar-refractivity contribution in [2.45, 2.75) is 32.9 Å². The molecule has 7 heteroatoms. The molecule has 1 aliphatic rings. The molecule has 3 heterocycles. The van der Waals surface area contributed by atoms with Crippen LogP contribution in [0, 0.1) is 20.8 Å². The molecule has 2 atom stereocenters. The number of aromatic hydroxyl groups is 1. The Labute approximate surface area is 213 Å². The van der Waals surface area contributed by atoms with Gasteiger partial charge in [-0.05, 0) is 92.6 Å². The highest BCUT2D eigenvalue weighted by molar-refractivity contribution is 9.10. The smallest absolute Gasteiger partial charge is 0.174 e. The molecule has 2 N–H and O–H groups in total. The lowest BCUT2D eigenvalue weighted by Gasteiger charge is -2.28. The third-order valence-corrected chi connectivity index (χ3v) is 7.63. The van der Waals surface area contributed by atoms with Gasteiger partial charge in [0.2, 0.25) is 0 Å². The highest BCUT2D eigenvalue weighted by atomic mass is 79.9. The van der Waals surface area contributed by atoms with E-state index in [9.17, 15) is 5.11 Å². The van der Waals surface area contributed by atoms with Crippen molar-refractivity contribution in [3.8, 4) is 11.4 Å². The molecule has 0 radical (unpaired) electrons. The van der Waals surface area contributed by atoms with Gasteiger partial charge in [0, 0.05) is 27.7 Å². The number of phenolic OH excluding ortho intramolecular Hbond substituents is 1. The van der Waals surface area contributed by atoms with Crippen molar-refractivity contribution in [1.82, 2.24) is 14.9 Å². The minimum atomic E-state index is -0.129. The second kappa shape index (κ2) is 8.89. The highest BCUT2D eigenvalue weighted by Gasteiger charge is 2.42. The number of anilines is 1. The number of nitrogens with zero attached hydrogens (tertiary/aromatic N) is 3. The van der Waals surface area contributed by atoms with Gasteiger partial charge in [-0.1, -0.05) is 34.1 Å². The summed E-state index contributed by atoms with van der Waals surface area (Å²) in [7, 11) is 0. The number of phenols is 1. The lowest BCUT2D eigenvalue weighted by atomic mass is 9.96. The summed E-state index contributed by atoms with van der Waals surface area (Å²) in [6, 6.07) is 21.6. The number of hydrogen-bond donors (Lipinski definition) is 2. The van der Waals surface area contributed by atoms with Gasteiger partial charge in [0.05, 0.1) is 23.5 Å². The topological polar surface area (TPSA) is 53.3 Å². The molecule has 0 amide bonds. The Morgan fingerprint density at radius 3 is 2.47 bits per heavy atom. The van der Waals surface area contributed by atoms with Gasteiger partial charge in [-0.25, -0.2) is 0 Å². The molecule has 4 aromatic rings. The molecule has 0 aliphatic carbocycles. The van der Waals surface area contributed by atoms with Gasteiger partial charge in [0.15, 0.2) is 5.11 Å². The van der Waals surface area contributed by atoms with Crippen LogP contribution in [0.3, 0.4) is 0 Å². The fourth-order valence-corrected chi connectivity index (χ4v) is 5.43. The molecule has 1 fully saturated rings. The molecule has 172 valence electrons. The minimum Gasteiger partial charge on any atom is -0.506 e. The number of aromatic nitrogens is 2. The van der Waals surface area contributed by atoms with Gasteiger partial charge in [-0.3, -0.25) is 4.98 Å². The van der Waals surface area contributed by atoms with Crippen LogP contribution in [0.5, 0.6) is 5.75 Å². The van der Waals surface area contributed by atoms with Gasteiger partial charge in [-0.15, -0.1) is 0 Å². The summed E-state index contributed by atoms with van der Waals surface area (Å²) in [6.45, 7) is 6.24. The van der Waals surface area contributed by atoms with E-state index in [1.165, 1.54) is 0 Å². The van der Waals surface area contributed by atoms with E-state index >= 15 is 0 Å². The normalized spacial score (nSPS) is 17.8. The predicted molar refractivity (Wildman–Crippen MR) is 144 cm³/mol. The van der Waals surface area contributed by atoms with E-state index in [0.29, 0.717) is 5.11 Å². The molecule has 34 heavy (non-hydrogen) atoms. The maximum atomic E-state index is 10.6. The first-order valence-electron chi connectivity index (χ1n) is 11.1. The van der Waals surface area contributed by atoms with Crippen LogP contribution in [-0.4, -0.2) is 19.8 Å². The Morgan fingerprint density at radius 2 is 1.76 bits per heavy atom. The first kappa shape index (κ1) is 22.6. The Hall–Kier alpha value is -3.16. The van der Waals surface area contributed by atoms with Crippen molar-refractivity contribution in [3.63, 3.8) is 0 Å². The van der Waals surface area contributed by atoms with E-state index in [2.05, 4.69) is 80.7 Å². The maximum Gasteiger partial charge on any atom is 0.174 e. The lowest BCUT2D eigenvalue weighted by Crippen LogP contribution is -2.29. The molecule has 0 saturated carbocycles. The summed E-state index contributed by atoms with van der Waals surface area (Å²) in [6.07, 6.45) is 1.81. The van der Waals surface area contributed by atoms with Crippen molar-refractivity contribution >= 4 is 38.9 Å². The molecule has 2 aromatic heterocycles. The van der Waals surface area contributed by atoms with Crippen LogP contribution in [-0.2, 0) is 0 Å². The number of hydrogen-bond acceptors (Lipinski definition) is 3. The standard InChI is InChI=1S/C27H25BrN4OS/c1-16-14-19(11-12-21(16)28)32-26(25(30-27(32)34)22-8-6-7-13-29-22)20-15-17(2)31(18(20)3)23-9-4-5-10-24(23)33/h4-15,25-26,33H,1-3H3,(H,30,34)/t25-,26+/m0/s1. The molecule has 2 aromatic carbocycles.